The lowest BCUT2D eigenvalue weighted by molar-refractivity contribution is -0.140. The number of piperidine rings is 1. The second-order valence-electron chi connectivity index (χ2n) is 7.28. The van der Waals surface area contributed by atoms with Crippen LogP contribution in [0.4, 0.5) is 10.5 Å². The minimum Gasteiger partial charge on any atom is -0.497 e. The number of carbonyl (C=O) groups excluding carboxylic acids is 2. The van der Waals surface area contributed by atoms with Gasteiger partial charge in [0.25, 0.3) is 0 Å². The van der Waals surface area contributed by atoms with E-state index < -0.39 is 0 Å². The van der Waals surface area contributed by atoms with Crippen LogP contribution in [0.15, 0.2) is 48.7 Å². The molecule has 3 amide bonds. The molecule has 0 unspecified atom stereocenters. The molecule has 2 aromatic rings. The highest BCUT2D eigenvalue weighted by molar-refractivity contribution is 5.90. The molecule has 1 aromatic heterocycles. The third-order valence-electron chi connectivity index (χ3n) is 5.48. The zero-order valence-electron chi connectivity index (χ0n) is 15.9. The zero-order valence-corrected chi connectivity index (χ0v) is 15.9. The van der Waals surface area contributed by atoms with Gasteiger partial charge in [-0.3, -0.25) is 9.78 Å². The molecule has 146 valence electrons. The molecule has 3 aliphatic heterocycles. The maximum atomic E-state index is 12.9. The summed E-state index contributed by atoms with van der Waals surface area (Å²) in [6.45, 7) is 1.49. The maximum Gasteiger partial charge on any atom is 0.321 e. The Balaban J connectivity index is 1.45. The van der Waals surface area contributed by atoms with Crippen LogP contribution in [0.2, 0.25) is 0 Å². The van der Waals surface area contributed by atoms with Crippen LogP contribution in [0.3, 0.4) is 0 Å². The van der Waals surface area contributed by atoms with Gasteiger partial charge in [-0.15, -0.1) is 0 Å². The highest BCUT2D eigenvalue weighted by Gasteiger charge is 2.42. The largest absolute Gasteiger partial charge is 0.497 e. The van der Waals surface area contributed by atoms with Crippen LogP contribution in [-0.4, -0.2) is 53.0 Å². The minimum absolute atomic E-state index is 0.0230. The van der Waals surface area contributed by atoms with Crippen molar-refractivity contribution in [1.29, 1.82) is 0 Å². The summed E-state index contributed by atoms with van der Waals surface area (Å²) in [5, 5.41) is 2.93. The number of carbonyl (C=O) groups is 2. The number of pyridine rings is 1. The van der Waals surface area contributed by atoms with Crippen LogP contribution in [0.25, 0.3) is 0 Å². The Bertz CT molecular complexity index is 840. The Morgan fingerprint density at radius 1 is 1.18 bits per heavy atom. The van der Waals surface area contributed by atoms with Gasteiger partial charge in [-0.25, -0.2) is 4.79 Å². The summed E-state index contributed by atoms with van der Waals surface area (Å²) in [4.78, 5) is 33.8. The fourth-order valence-corrected chi connectivity index (χ4v) is 3.96. The Morgan fingerprint density at radius 2 is 2.00 bits per heavy atom. The van der Waals surface area contributed by atoms with Gasteiger partial charge in [-0.1, -0.05) is 6.07 Å². The second kappa shape index (κ2) is 7.88. The molecule has 3 aliphatic rings. The predicted molar refractivity (Wildman–Crippen MR) is 105 cm³/mol. The molecule has 1 aromatic carbocycles. The van der Waals surface area contributed by atoms with Crippen molar-refractivity contribution in [1.82, 2.24) is 14.8 Å². The van der Waals surface area contributed by atoms with Gasteiger partial charge in [-0.05, 0) is 49.2 Å². The molecule has 4 heterocycles. The molecule has 7 heteroatoms. The molecule has 2 bridgehead atoms. The number of urea groups is 1. The van der Waals surface area contributed by atoms with Gasteiger partial charge in [0.2, 0.25) is 5.91 Å². The van der Waals surface area contributed by atoms with E-state index in [2.05, 4.69) is 10.3 Å². The minimum atomic E-state index is -0.172. The molecule has 0 saturated carbocycles. The number of amides is 3. The average Bonchev–Trinajstić information content (AvgIpc) is 3.02. The van der Waals surface area contributed by atoms with E-state index >= 15 is 0 Å². The summed E-state index contributed by atoms with van der Waals surface area (Å²) < 4.78 is 5.14. The number of hydrogen-bond acceptors (Lipinski definition) is 4. The first-order valence-electron chi connectivity index (χ1n) is 9.54. The normalized spacial score (nSPS) is 21.4. The number of benzene rings is 1. The molecule has 0 radical (unpaired) electrons. The molecular formula is C21H24N4O3. The van der Waals surface area contributed by atoms with E-state index in [4.69, 9.17) is 4.74 Å². The van der Waals surface area contributed by atoms with Crippen molar-refractivity contribution in [2.75, 3.05) is 25.5 Å². The Kier molecular flexibility index (Phi) is 5.14. The molecule has 0 aliphatic carbocycles. The summed E-state index contributed by atoms with van der Waals surface area (Å²) >= 11 is 0. The van der Waals surface area contributed by atoms with E-state index in [0.717, 1.165) is 24.3 Å². The lowest BCUT2D eigenvalue weighted by Gasteiger charge is -2.35. The first kappa shape index (κ1) is 18.3. The number of nitrogens with zero attached hydrogens (tertiary/aromatic N) is 3. The first-order chi connectivity index (χ1) is 13.6. The summed E-state index contributed by atoms with van der Waals surface area (Å²) in [6, 6.07) is 12.8. The van der Waals surface area contributed by atoms with Gasteiger partial charge in [0.15, 0.2) is 0 Å². The number of methoxy groups -OCH3 is 1. The Morgan fingerprint density at radius 3 is 2.71 bits per heavy atom. The predicted octanol–water partition coefficient (Wildman–Crippen LogP) is 2.75. The quantitative estimate of drug-likeness (QED) is 0.885. The van der Waals surface area contributed by atoms with Crippen molar-refractivity contribution >= 4 is 17.6 Å². The summed E-state index contributed by atoms with van der Waals surface area (Å²) in [7, 11) is 1.61. The highest BCUT2D eigenvalue weighted by atomic mass is 16.5. The van der Waals surface area contributed by atoms with Crippen molar-refractivity contribution < 1.29 is 14.3 Å². The molecule has 1 N–H and O–H groups in total. The molecular weight excluding hydrogens is 356 g/mol. The van der Waals surface area contributed by atoms with Gasteiger partial charge in [-0.2, -0.15) is 0 Å². The number of rotatable bonds is 4. The van der Waals surface area contributed by atoms with E-state index in [1.165, 1.54) is 0 Å². The number of fused-ring (bicyclic) bond motifs is 4. The second-order valence-corrected chi connectivity index (χ2v) is 7.28. The smallest absolute Gasteiger partial charge is 0.321 e. The third kappa shape index (κ3) is 3.78. The van der Waals surface area contributed by atoms with E-state index in [9.17, 15) is 9.59 Å². The van der Waals surface area contributed by atoms with Gasteiger partial charge < -0.3 is 19.9 Å². The van der Waals surface area contributed by atoms with Gasteiger partial charge in [0.05, 0.1) is 25.3 Å². The molecule has 5 rings (SSSR count). The number of anilines is 1. The Hall–Kier alpha value is -3.09. The van der Waals surface area contributed by atoms with Crippen LogP contribution in [0.5, 0.6) is 5.75 Å². The maximum absolute atomic E-state index is 12.9. The van der Waals surface area contributed by atoms with Crippen molar-refractivity contribution in [3.05, 3.63) is 54.4 Å². The lowest BCUT2D eigenvalue weighted by Crippen LogP contribution is -2.47. The SMILES string of the molecule is COc1ccc(NC(=O)N2C[C@@H]3CC[C@H](C2)N(Cc2ccccn2)C3=O)cc1. The van der Waals surface area contributed by atoms with E-state index in [1.807, 2.05) is 35.2 Å². The van der Waals surface area contributed by atoms with E-state index in [-0.39, 0.29) is 23.9 Å². The van der Waals surface area contributed by atoms with Crippen LogP contribution in [-0.2, 0) is 11.3 Å². The number of ether oxygens (including phenoxy) is 1. The number of nitrogens with one attached hydrogen (secondary N) is 1. The highest BCUT2D eigenvalue weighted by Crippen LogP contribution is 2.30. The fourth-order valence-electron chi connectivity index (χ4n) is 3.96. The number of aromatic nitrogens is 1. The van der Waals surface area contributed by atoms with Crippen LogP contribution in [0, 0.1) is 5.92 Å². The summed E-state index contributed by atoms with van der Waals surface area (Å²) in [5.74, 6) is 0.715. The molecule has 3 saturated heterocycles. The molecule has 0 spiro atoms. The lowest BCUT2D eigenvalue weighted by atomic mass is 9.94. The fraction of sp³-hybridized carbons (Fsp3) is 0.381. The number of hydrogen-bond donors (Lipinski definition) is 1. The monoisotopic (exact) mass is 380 g/mol. The van der Waals surface area contributed by atoms with Crippen LogP contribution >= 0.6 is 0 Å². The standard InChI is InChI=1S/C21H24N4O3/c1-28-19-9-6-16(7-10-19)23-21(27)24-12-15-5-8-18(14-24)25(20(15)26)13-17-4-2-3-11-22-17/h2-4,6-7,9-11,15,18H,5,8,12-14H2,1H3,(H,23,27)/t15-,18+/m0/s1. The zero-order chi connectivity index (χ0) is 19.5. The molecule has 2 atom stereocenters. The van der Waals surface area contributed by atoms with E-state index in [1.54, 1.807) is 30.3 Å². The van der Waals surface area contributed by atoms with Crippen molar-refractivity contribution in [2.45, 2.75) is 25.4 Å². The molecule has 28 heavy (non-hydrogen) atoms. The van der Waals surface area contributed by atoms with E-state index in [0.29, 0.717) is 25.3 Å². The first-order valence-corrected chi connectivity index (χ1v) is 9.54. The molecule has 7 nitrogen and oxygen atoms in total. The average molecular weight is 380 g/mol. The topological polar surface area (TPSA) is 74.8 Å². The van der Waals surface area contributed by atoms with Crippen molar-refractivity contribution in [3.63, 3.8) is 0 Å². The van der Waals surface area contributed by atoms with Gasteiger partial charge in [0, 0.05) is 31.0 Å². The van der Waals surface area contributed by atoms with Crippen LogP contribution in [0.1, 0.15) is 18.5 Å². The van der Waals surface area contributed by atoms with Crippen LogP contribution < -0.4 is 10.1 Å². The summed E-state index contributed by atoms with van der Waals surface area (Å²) in [5.41, 5.74) is 1.58. The molecule has 3 fully saturated rings. The van der Waals surface area contributed by atoms with Crippen molar-refractivity contribution in [3.8, 4) is 5.75 Å². The van der Waals surface area contributed by atoms with Crippen molar-refractivity contribution in [2.24, 2.45) is 5.92 Å². The third-order valence-corrected chi connectivity index (χ3v) is 5.48. The van der Waals surface area contributed by atoms with Gasteiger partial charge in [0.1, 0.15) is 5.75 Å². The Labute approximate surface area is 164 Å². The summed E-state index contributed by atoms with van der Waals surface area (Å²) in [6.07, 6.45) is 3.48. The van der Waals surface area contributed by atoms with Gasteiger partial charge >= 0.3 is 6.03 Å².